The summed E-state index contributed by atoms with van der Waals surface area (Å²) in [6.45, 7) is 0.407. The zero-order valence-corrected chi connectivity index (χ0v) is 10.9. The minimum absolute atomic E-state index is 0.407. The fraction of sp³-hybridized carbons (Fsp3) is 0.0833. The van der Waals surface area contributed by atoms with Crippen LogP contribution in [0.5, 0.6) is 11.5 Å². The summed E-state index contributed by atoms with van der Waals surface area (Å²) >= 11 is 7.28. The summed E-state index contributed by atoms with van der Waals surface area (Å²) < 4.78 is 5.63. The number of carbonyl (C=O) groups excluding carboxylic acids is 1. The summed E-state index contributed by atoms with van der Waals surface area (Å²) in [7, 11) is 0. The third-order valence-corrected chi connectivity index (χ3v) is 3.28. The van der Waals surface area contributed by atoms with E-state index in [1.165, 1.54) is 11.3 Å². The number of nitrogens with one attached hydrogen (secondary N) is 1. The van der Waals surface area contributed by atoms with E-state index in [9.17, 15) is 4.79 Å². The van der Waals surface area contributed by atoms with E-state index in [1.807, 2.05) is 11.4 Å². The van der Waals surface area contributed by atoms with E-state index < -0.39 is 6.03 Å². The van der Waals surface area contributed by atoms with Crippen LogP contribution >= 0.6 is 22.9 Å². The number of nitrogens with two attached hydrogens (primary N) is 1. The highest BCUT2D eigenvalue weighted by Gasteiger charge is 2.03. The molecule has 2 amide bonds. The molecule has 0 bridgehead atoms. The molecule has 94 valence electrons. The Kier molecular flexibility index (Phi) is 4.07. The molecule has 2 rings (SSSR count). The summed E-state index contributed by atoms with van der Waals surface area (Å²) in [5.41, 5.74) is 5.00. The quantitative estimate of drug-likeness (QED) is 0.903. The van der Waals surface area contributed by atoms with Gasteiger partial charge in [0.05, 0.1) is 6.54 Å². The number of primary amides is 1. The first-order valence-corrected chi connectivity index (χ1v) is 6.43. The van der Waals surface area contributed by atoms with Crippen molar-refractivity contribution in [3.05, 3.63) is 45.6 Å². The molecule has 18 heavy (non-hydrogen) atoms. The molecule has 0 aliphatic rings. The predicted octanol–water partition coefficient (Wildman–Crippen LogP) is 3.36. The Labute approximate surface area is 113 Å². The highest BCUT2D eigenvalue weighted by Crippen LogP contribution is 2.27. The SMILES string of the molecule is NC(=O)NCc1cc(Oc2ccc(Cl)cc2)cs1. The van der Waals surface area contributed by atoms with E-state index >= 15 is 0 Å². The second kappa shape index (κ2) is 5.75. The first-order chi connectivity index (χ1) is 8.63. The maximum absolute atomic E-state index is 10.6. The van der Waals surface area contributed by atoms with E-state index in [-0.39, 0.29) is 0 Å². The second-order valence-corrected chi connectivity index (χ2v) is 4.95. The Bertz CT molecular complexity index is 539. The fourth-order valence-corrected chi connectivity index (χ4v) is 2.17. The molecule has 0 radical (unpaired) electrons. The second-order valence-electron chi connectivity index (χ2n) is 3.52. The van der Waals surface area contributed by atoms with Crippen LogP contribution in [0.4, 0.5) is 4.79 Å². The van der Waals surface area contributed by atoms with Crippen molar-refractivity contribution in [2.24, 2.45) is 5.73 Å². The first kappa shape index (κ1) is 12.7. The lowest BCUT2D eigenvalue weighted by Crippen LogP contribution is -2.28. The fourth-order valence-electron chi connectivity index (χ4n) is 1.32. The predicted molar refractivity (Wildman–Crippen MR) is 72.3 cm³/mol. The molecule has 1 heterocycles. The van der Waals surface area contributed by atoms with Crippen molar-refractivity contribution in [3.63, 3.8) is 0 Å². The number of carbonyl (C=O) groups is 1. The van der Waals surface area contributed by atoms with Gasteiger partial charge in [0.25, 0.3) is 0 Å². The monoisotopic (exact) mass is 282 g/mol. The lowest BCUT2D eigenvalue weighted by molar-refractivity contribution is 0.248. The van der Waals surface area contributed by atoms with Crippen LogP contribution in [0.15, 0.2) is 35.7 Å². The van der Waals surface area contributed by atoms with Crippen molar-refractivity contribution in [1.82, 2.24) is 5.32 Å². The van der Waals surface area contributed by atoms with Crippen LogP contribution in [0.2, 0.25) is 5.02 Å². The lowest BCUT2D eigenvalue weighted by atomic mass is 10.3. The number of amides is 2. The van der Waals surface area contributed by atoms with Crippen LogP contribution < -0.4 is 15.8 Å². The van der Waals surface area contributed by atoms with Gasteiger partial charge in [-0.1, -0.05) is 11.6 Å². The molecule has 4 nitrogen and oxygen atoms in total. The Morgan fingerprint density at radius 2 is 2.06 bits per heavy atom. The molecule has 3 N–H and O–H groups in total. The number of ether oxygens (including phenoxy) is 1. The van der Waals surface area contributed by atoms with Crippen molar-refractivity contribution in [3.8, 4) is 11.5 Å². The van der Waals surface area contributed by atoms with Gasteiger partial charge in [-0.15, -0.1) is 11.3 Å². The zero-order chi connectivity index (χ0) is 13.0. The number of urea groups is 1. The number of hydrogen-bond donors (Lipinski definition) is 2. The van der Waals surface area contributed by atoms with Crippen LogP contribution in [0.3, 0.4) is 0 Å². The molecular weight excluding hydrogens is 272 g/mol. The molecule has 1 aromatic carbocycles. The van der Waals surface area contributed by atoms with E-state index in [0.717, 1.165) is 10.6 Å². The minimum Gasteiger partial charge on any atom is -0.456 e. The molecule has 0 saturated carbocycles. The number of hydrogen-bond acceptors (Lipinski definition) is 3. The third kappa shape index (κ3) is 3.65. The standard InChI is InChI=1S/C12H11ClN2O2S/c13-8-1-3-9(4-2-8)17-10-5-11(18-7-10)6-15-12(14)16/h1-5,7H,6H2,(H3,14,15,16). The maximum atomic E-state index is 10.6. The van der Waals surface area contributed by atoms with Gasteiger partial charge in [0, 0.05) is 15.3 Å². The molecular formula is C12H11ClN2O2S. The van der Waals surface area contributed by atoms with Gasteiger partial charge in [0.1, 0.15) is 11.5 Å². The minimum atomic E-state index is -0.538. The van der Waals surface area contributed by atoms with Crippen LogP contribution in [0.1, 0.15) is 4.88 Å². The van der Waals surface area contributed by atoms with E-state index in [1.54, 1.807) is 24.3 Å². The van der Waals surface area contributed by atoms with Crippen molar-refractivity contribution in [1.29, 1.82) is 0 Å². The number of halogens is 1. The van der Waals surface area contributed by atoms with Crippen molar-refractivity contribution in [2.75, 3.05) is 0 Å². The topological polar surface area (TPSA) is 64.4 Å². The van der Waals surface area contributed by atoms with Gasteiger partial charge in [-0.3, -0.25) is 0 Å². The van der Waals surface area contributed by atoms with Crippen LogP contribution in [0, 0.1) is 0 Å². The van der Waals surface area contributed by atoms with Crippen molar-refractivity contribution < 1.29 is 9.53 Å². The Balaban J connectivity index is 1.97. The summed E-state index contributed by atoms with van der Waals surface area (Å²) in [5.74, 6) is 1.44. The van der Waals surface area contributed by atoms with Gasteiger partial charge >= 0.3 is 6.03 Å². The van der Waals surface area contributed by atoms with E-state index in [2.05, 4.69) is 5.32 Å². The summed E-state index contributed by atoms with van der Waals surface area (Å²) in [4.78, 5) is 11.5. The number of benzene rings is 1. The molecule has 0 unspecified atom stereocenters. The molecule has 0 saturated heterocycles. The Morgan fingerprint density at radius 3 is 2.72 bits per heavy atom. The molecule has 1 aromatic heterocycles. The van der Waals surface area contributed by atoms with Gasteiger partial charge in [0.2, 0.25) is 0 Å². The smallest absolute Gasteiger partial charge is 0.312 e. The number of rotatable bonds is 4. The van der Waals surface area contributed by atoms with Crippen LogP contribution in [-0.2, 0) is 6.54 Å². The molecule has 0 aliphatic carbocycles. The van der Waals surface area contributed by atoms with Gasteiger partial charge < -0.3 is 15.8 Å². The number of thiophene rings is 1. The highest BCUT2D eigenvalue weighted by atomic mass is 35.5. The van der Waals surface area contributed by atoms with Gasteiger partial charge in [-0.2, -0.15) is 0 Å². The zero-order valence-electron chi connectivity index (χ0n) is 9.35. The normalized spacial score (nSPS) is 10.1. The van der Waals surface area contributed by atoms with Gasteiger partial charge in [-0.05, 0) is 30.3 Å². The van der Waals surface area contributed by atoms with Crippen LogP contribution in [-0.4, -0.2) is 6.03 Å². The molecule has 0 atom stereocenters. The van der Waals surface area contributed by atoms with Crippen molar-refractivity contribution in [2.45, 2.75) is 6.54 Å². The molecule has 2 aromatic rings. The van der Waals surface area contributed by atoms with Crippen molar-refractivity contribution >= 4 is 29.0 Å². The Morgan fingerprint density at radius 1 is 1.33 bits per heavy atom. The summed E-state index contributed by atoms with van der Waals surface area (Å²) in [6, 6.07) is 8.43. The highest BCUT2D eigenvalue weighted by molar-refractivity contribution is 7.10. The molecule has 0 fully saturated rings. The van der Waals surface area contributed by atoms with Gasteiger partial charge in [0.15, 0.2) is 0 Å². The molecule has 0 spiro atoms. The maximum Gasteiger partial charge on any atom is 0.312 e. The van der Waals surface area contributed by atoms with E-state index in [4.69, 9.17) is 22.1 Å². The lowest BCUT2D eigenvalue weighted by Gasteiger charge is -2.02. The van der Waals surface area contributed by atoms with E-state index in [0.29, 0.717) is 17.3 Å². The first-order valence-electron chi connectivity index (χ1n) is 5.17. The molecule has 6 heteroatoms. The third-order valence-electron chi connectivity index (χ3n) is 2.12. The van der Waals surface area contributed by atoms with Gasteiger partial charge in [-0.25, -0.2) is 4.79 Å². The Hall–Kier alpha value is -1.72. The van der Waals surface area contributed by atoms with Crippen LogP contribution in [0.25, 0.3) is 0 Å². The molecule has 0 aliphatic heterocycles. The average Bonchev–Trinajstić information content (AvgIpc) is 2.77. The largest absolute Gasteiger partial charge is 0.456 e. The summed E-state index contributed by atoms with van der Waals surface area (Å²) in [6.07, 6.45) is 0. The summed E-state index contributed by atoms with van der Waals surface area (Å²) in [5, 5.41) is 5.06. The average molecular weight is 283 g/mol.